The van der Waals surface area contributed by atoms with E-state index in [9.17, 15) is 8.78 Å². The van der Waals surface area contributed by atoms with Crippen molar-refractivity contribution in [2.24, 2.45) is 0 Å². The van der Waals surface area contributed by atoms with Gasteiger partial charge in [0.1, 0.15) is 0 Å². The Morgan fingerprint density at radius 1 is 1.27 bits per heavy atom. The molecular weight excluding hydrogens is 168 g/mol. The highest BCUT2D eigenvalue weighted by atomic mass is 32.2. The molecule has 1 rings (SSSR count). The number of hydrogen-bond acceptors (Lipinski definition) is 2. The van der Waals surface area contributed by atoms with Gasteiger partial charge < -0.3 is 5.73 Å². The van der Waals surface area contributed by atoms with Crippen LogP contribution in [0.2, 0.25) is 0 Å². The molecule has 0 spiro atoms. The molecule has 0 radical (unpaired) electrons. The Balaban J connectivity index is 3.21. The summed E-state index contributed by atoms with van der Waals surface area (Å²) in [6.07, 6.45) is 1.75. The zero-order valence-corrected chi connectivity index (χ0v) is 6.71. The van der Waals surface area contributed by atoms with E-state index in [0.717, 1.165) is 12.1 Å². The van der Waals surface area contributed by atoms with Crippen molar-refractivity contribution in [1.29, 1.82) is 0 Å². The molecule has 0 saturated heterocycles. The molecule has 0 amide bonds. The average molecular weight is 175 g/mol. The molecule has 11 heavy (non-hydrogen) atoms. The predicted molar refractivity (Wildman–Crippen MR) is 42.6 cm³/mol. The molecule has 0 bridgehead atoms. The van der Waals surface area contributed by atoms with Crippen LogP contribution in [0.15, 0.2) is 17.0 Å². The maximum atomic E-state index is 12.5. The lowest BCUT2D eigenvalue weighted by molar-refractivity contribution is 0.506. The predicted octanol–water partition coefficient (Wildman–Crippen LogP) is 2.27. The van der Waals surface area contributed by atoms with Gasteiger partial charge in [-0.1, -0.05) is 0 Å². The van der Waals surface area contributed by atoms with Crippen molar-refractivity contribution in [2.45, 2.75) is 4.90 Å². The molecule has 4 heteroatoms. The van der Waals surface area contributed by atoms with E-state index in [4.69, 9.17) is 5.73 Å². The number of thioether (sulfide) groups is 1. The van der Waals surface area contributed by atoms with E-state index in [0.29, 0.717) is 4.90 Å². The zero-order chi connectivity index (χ0) is 8.43. The van der Waals surface area contributed by atoms with Gasteiger partial charge in [-0.3, -0.25) is 0 Å². The highest BCUT2D eigenvalue weighted by Gasteiger charge is 2.05. The molecule has 0 saturated carbocycles. The minimum atomic E-state index is -0.903. The molecule has 60 valence electrons. The van der Waals surface area contributed by atoms with E-state index >= 15 is 0 Å². The molecule has 0 atom stereocenters. The van der Waals surface area contributed by atoms with Crippen LogP contribution in [-0.4, -0.2) is 6.26 Å². The summed E-state index contributed by atoms with van der Waals surface area (Å²) in [4.78, 5) is 0.559. The summed E-state index contributed by atoms with van der Waals surface area (Å²) in [5.74, 6) is -1.76. The Morgan fingerprint density at radius 3 is 2.36 bits per heavy atom. The largest absolute Gasteiger partial charge is 0.398 e. The summed E-state index contributed by atoms with van der Waals surface area (Å²) < 4.78 is 24.9. The fourth-order valence-electron chi connectivity index (χ4n) is 0.721. The van der Waals surface area contributed by atoms with E-state index in [-0.39, 0.29) is 5.69 Å². The van der Waals surface area contributed by atoms with E-state index in [1.807, 2.05) is 0 Å². The molecule has 1 aromatic carbocycles. The average Bonchev–Trinajstić information content (AvgIpc) is 1.97. The van der Waals surface area contributed by atoms with Crippen LogP contribution in [0.3, 0.4) is 0 Å². The highest BCUT2D eigenvalue weighted by Crippen LogP contribution is 2.24. The van der Waals surface area contributed by atoms with Gasteiger partial charge in [0, 0.05) is 16.6 Å². The van der Waals surface area contributed by atoms with Crippen molar-refractivity contribution in [3.8, 4) is 0 Å². The van der Waals surface area contributed by atoms with Gasteiger partial charge in [0.15, 0.2) is 11.6 Å². The van der Waals surface area contributed by atoms with E-state index in [1.54, 1.807) is 6.26 Å². The molecule has 0 aliphatic rings. The van der Waals surface area contributed by atoms with E-state index < -0.39 is 11.6 Å². The fourth-order valence-corrected chi connectivity index (χ4v) is 1.24. The quantitative estimate of drug-likeness (QED) is 0.523. The van der Waals surface area contributed by atoms with Crippen molar-refractivity contribution in [2.75, 3.05) is 12.0 Å². The molecule has 1 nitrogen and oxygen atoms in total. The van der Waals surface area contributed by atoms with Crippen LogP contribution in [0.4, 0.5) is 14.5 Å². The number of benzene rings is 1. The van der Waals surface area contributed by atoms with Crippen LogP contribution in [0.5, 0.6) is 0 Å². The van der Waals surface area contributed by atoms with Crippen LogP contribution in [0.25, 0.3) is 0 Å². The summed E-state index contributed by atoms with van der Waals surface area (Å²) in [5.41, 5.74) is 5.65. The molecule has 0 aromatic heterocycles. The minimum Gasteiger partial charge on any atom is -0.398 e. The second-order valence-corrected chi connectivity index (χ2v) is 2.86. The van der Waals surface area contributed by atoms with Gasteiger partial charge in [0.25, 0.3) is 0 Å². The molecule has 2 N–H and O–H groups in total. The number of nitrogen functional groups attached to an aromatic ring is 1. The molecule has 1 aromatic rings. The van der Waals surface area contributed by atoms with Gasteiger partial charge in [0.2, 0.25) is 0 Å². The van der Waals surface area contributed by atoms with Crippen LogP contribution in [-0.2, 0) is 0 Å². The zero-order valence-electron chi connectivity index (χ0n) is 5.90. The maximum Gasteiger partial charge on any atom is 0.160 e. The molecule has 0 aliphatic heterocycles. The molecule has 0 unspecified atom stereocenters. The molecular formula is C7H7F2NS. The third-order valence-corrected chi connectivity index (χ3v) is 2.07. The van der Waals surface area contributed by atoms with Gasteiger partial charge in [-0.15, -0.1) is 11.8 Å². The SMILES string of the molecule is CSc1cc(F)c(F)cc1N. The first-order chi connectivity index (χ1) is 5.15. The smallest absolute Gasteiger partial charge is 0.160 e. The number of nitrogens with two attached hydrogens (primary N) is 1. The number of anilines is 1. The van der Waals surface area contributed by atoms with Crippen molar-refractivity contribution in [1.82, 2.24) is 0 Å². The van der Waals surface area contributed by atoms with Crippen molar-refractivity contribution >= 4 is 17.4 Å². The summed E-state index contributed by atoms with van der Waals surface area (Å²) in [5, 5.41) is 0. The summed E-state index contributed by atoms with van der Waals surface area (Å²) in [6, 6.07) is 2.08. The number of rotatable bonds is 1. The number of halogens is 2. The van der Waals surface area contributed by atoms with Crippen LogP contribution in [0.1, 0.15) is 0 Å². The van der Waals surface area contributed by atoms with Crippen LogP contribution in [0, 0.1) is 11.6 Å². The van der Waals surface area contributed by atoms with Gasteiger partial charge in [-0.05, 0) is 12.3 Å². The third kappa shape index (κ3) is 1.63. The summed E-state index contributed by atoms with van der Waals surface area (Å²) in [7, 11) is 0. The Hall–Kier alpha value is -0.770. The number of hydrogen-bond donors (Lipinski definition) is 1. The van der Waals surface area contributed by atoms with Gasteiger partial charge >= 0.3 is 0 Å². The lowest BCUT2D eigenvalue weighted by Crippen LogP contribution is -1.92. The van der Waals surface area contributed by atoms with Crippen molar-refractivity contribution in [3.63, 3.8) is 0 Å². The van der Waals surface area contributed by atoms with Gasteiger partial charge in [-0.2, -0.15) is 0 Å². The maximum absolute atomic E-state index is 12.5. The standard InChI is InChI=1S/C7H7F2NS/c1-11-7-3-5(9)4(8)2-6(7)10/h2-3H,10H2,1H3. The Bertz CT molecular complexity index is 275. The van der Waals surface area contributed by atoms with Gasteiger partial charge in [-0.25, -0.2) is 8.78 Å². The summed E-state index contributed by atoms with van der Waals surface area (Å²) >= 11 is 1.29. The lowest BCUT2D eigenvalue weighted by Gasteiger charge is -2.01. The second kappa shape index (κ2) is 3.09. The Labute approximate surface area is 67.6 Å². The van der Waals surface area contributed by atoms with Crippen molar-refractivity contribution < 1.29 is 8.78 Å². The lowest BCUT2D eigenvalue weighted by atomic mass is 10.3. The monoisotopic (exact) mass is 175 g/mol. The first-order valence-corrected chi connectivity index (χ1v) is 4.16. The van der Waals surface area contributed by atoms with Gasteiger partial charge in [0.05, 0.1) is 0 Å². The Kier molecular flexibility index (Phi) is 2.34. The first kappa shape index (κ1) is 8.33. The van der Waals surface area contributed by atoms with E-state index in [1.165, 1.54) is 11.8 Å². The first-order valence-electron chi connectivity index (χ1n) is 2.93. The van der Waals surface area contributed by atoms with Crippen molar-refractivity contribution in [3.05, 3.63) is 23.8 Å². The van der Waals surface area contributed by atoms with Crippen LogP contribution >= 0.6 is 11.8 Å². The molecule has 0 fully saturated rings. The second-order valence-electron chi connectivity index (χ2n) is 2.01. The normalized spacial score (nSPS) is 10.1. The Morgan fingerprint density at radius 2 is 1.82 bits per heavy atom. The molecule has 0 aliphatic carbocycles. The van der Waals surface area contributed by atoms with Crippen LogP contribution < -0.4 is 5.73 Å². The third-order valence-electron chi connectivity index (χ3n) is 1.27. The fraction of sp³-hybridized carbons (Fsp3) is 0.143. The topological polar surface area (TPSA) is 26.0 Å². The van der Waals surface area contributed by atoms with E-state index in [2.05, 4.69) is 0 Å². The summed E-state index contributed by atoms with van der Waals surface area (Å²) in [6.45, 7) is 0. The molecule has 0 heterocycles. The minimum absolute atomic E-state index is 0.274. The highest BCUT2D eigenvalue weighted by molar-refractivity contribution is 7.98.